The Balaban J connectivity index is 1.60. The molecule has 24 heavy (non-hydrogen) atoms. The first-order chi connectivity index (χ1) is 11.7. The van der Waals surface area contributed by atoms with Crippen LogP contribution in [0.4, 0.5) is 0 Å². The number of rotatable bonds is 4. The number of aromatic nitrogens is 1. The predicted octanol–water partition coefficient (Wildman–Crippen LogP) is 2.30. The van der Waals surface area contributed by atoms with Crippen LogP contribution < -0.4 is 10.1 Å². The topological polar surface area (TPSA) is 99.7 Å². The van der Waals surface area contributed by atoms with Gasteiger partial charge in [-0.25, -0.2) is 4.98 Å². The van der Waals surface area contributed by atoms with Crippen molar-refractivity contribution in [2.24, 2.45) is 10.2 Å². The molecule has 0 radical (unpaired) electrons. The Labute approximate surface area is 142 Å². The van der Waals surface area contributed by atoms with E-state index in [0.29, 0.717) is 28.1 Å². The van der Waals surface area contributed by atoms with E-state index in [1.807, 2.05) is 18.2 Å². The number of hydrogen-bond acceptors (Lipinski definition) is 7. The summed E-state index contributed by atoms with van der Waals surface area (Å²) < 4.78 is 5.59. The van der Waals surface area contributed by atoms with Crippen LogP contribution in [0.2, 0.25) is 0 Å². The molecule has 1 N–H and O–H groups in total. The third-order valence-electron chi connectivity index (χ3n) is 2.91. The molecule has 8 heteroatoms. The highest BCUT2D eigenvalue weighted by Gasteiger charge is 2.15. The van der Waals surface area contributed by atoms with Crippen molar-refractivity contribution in [2.45, 2.75) is 0 Å². The van der Waals surface area contributed by atoms with Gasteiger partial charge in [0.2, 0.25) is 11.8 Å². The third kappa shape index (κ3) is 4.18. The van der Waals surface area contributed by atoms with Crippen LogP contribution in [-0.2, 0) is 4.79 Å². The van der Waals surface area contributed by atoms with Crippen molar-refractivity contribution < 1.29 is 9.53 Å². The van der Waals surface area contributed by atoms with E-state index >= 15 is 0 Å². The molecule has 0 unspecified atom stereocenters. The number of carbonyl (C=O) groups is 1. The van der Waals surface area contributed by atoms with Crippen LogP contribution in [-0.4, -0.2) is 28.0 Å². The summed E-state index contributed by atoms with van der Waals surface area (Å²) in [6, 6.07) is 12.5. The van der Waals surface area contributed by atoms with E-state index in [0.717, 1.165) is 5.56 Å². The summed E-state index contributed by atoms with van der Waals surface area (Å²) in [5, 5.41) is 19.7. The normalized spacial score (nSPS) is 15.5. The highest BCUT2D eigenvalue weighted by molar-refractivity contribution is 8.15. The van der Waals surface area contributed by atoms with Gasteiger partial charge in [0.1, 0.15) is 11.8 Å². The van der Waals surface area contributed by atoms with E-state index in [1.54, 1.807) is 30.5 Å². The van der Waals surface area contributed by atoms with Crippen LogP contribution in [0.3, 0.4) is 0 Å². The Morgan fingerprint density at radius 1 is 1.29 bits per heavy atom. The molecule has 1 aliphatic rings. The lowest BCUT2D eigenvalue weighted by molar-refractivity contribution is -0.116. The molecular formula is C16H11N5O2S. The Hall–Kier alpha value is -3.18. The second kappa shape index (κ2) is 7.39. The molecule has 0 spiro atoms. The molecule has 1 amide bonds. The third-order valence-corrected chi connectivity index (χ3v) is 3.77. The lowest BCUT2D eigenvalue weighted by Crippen LogP contribution is -2.19. The molecule has 1 aromatic carbocycles. The van der Waals surface area contributed by atoms with Crippen molar-refractivity contribution in [3.05, 3.63) is 53.7 Å². The zero-order valence-electron chi connectivity index (χ0n) is 12.3. The van der Waals surface area contributed by atoms with E-state index in [1.165, 1.54) is 18.0 Å². The summed E-state index contributed by atoms with van der Waals surface area (Å²) in [4.78, 5) is 15.1. The van der Waals surface area contributed by atoms with Gasteiger partial charge < -0.3 is 10.1 Å². The number of nitrogens with one attached hydrogen (secondary N) is 1. The minimum absolute atomic E-state index is 0.0631. The Morgan fingerprint density at radius 2 is 2.12 bits per heavy atom. The Kier molecular flexibility index (Phi) is 4.84. The summed E-state index contributed by atoms with van der Waals surface area (Å²) in [5.41, 5.74) is 1.32. The van der Waals surface area contributed by atoms with Crippen LogP contribution in [0.5, 0.6) is 11.6 Å². The molecule has 1 fully saturated rings. The van der Waals surface area contributed by atoms with E-state index in [-0.39, 0.29) is 5.91 Å². The smallest absolute Gasteiger partial charge is 0.236 e. The second-order valence-corrected chi connectivity index (χ2v) is 5.62. The van der Waals surface area contributed by atoms with Crippen LogP contribution in [0.1, 0.15) is 11.1 Å². The summed E-state index contributed by atoms with van der Waals surface area (Å²) in [6.45, 7) is 0. The SMILES string of the molecule is N#Cc1ccc(Oc2ccc(C=NN=C3NC(=O)CS3)cc2)nc1. The lowest BCUT2D eigenvalue weighted by atomic mass is 10.2. The summed E-state index contributed by atoms with van der Waals surface area (Å²) >= 11 is 1.32. The predicted molar refractivity (Wildman–Crippen MR) is 91.1 cm³/mol. The fourth-order valence-electron chi connectivity index (χ4n) is 1.78. The number of ether oxygens (including phenoxy) is 1. The molecule has 1 aliphatic heterocycles. The van der Waals surface area contributed by atoms with E-state index in [9.17, 15) is 4.79 Å². The van der Waals surface area contributed by atoms with Crippen LogP contribution >= 0.6 is 11.8 Å². The minimum atomic E-state index is -0.0631. The van der Waals surface area contributed by atoms with Gasteiger partial charge in [-0.2, -0.15) is 10.4 Å². The number of benzene rings is 1. The summed E-state index contributed by atoms with van der Waals surface area (Å²) in [6.07, 6.45) is 3.04. The second-order valence-electron chi connectivity index (χ2n) is 4.65. The van der Waals surface area contributed by atoms with Gasteiger partial charge in [0, 0.05) is 12.3 Å². The first-order valence-electron chi connectivity index (χ1n) is 6.91. The van der Waals surface area contributed by atoms with Crippen molar-refractivity contribution in [2.75, 3.05) is 5.75 Å². The van der Waals surface area contributed by atoms with Crippen LogP contribution in [0.15, 0.2) is 52.8 Å². The molecule has 1 saturated heterocycles. The lowest BCUT2D eigenvalue weighted by Gasteiger charge is -2.04. The number of carbonyl (C=O) groups excluding carboxylic acids is 1. The molecule has 0 saturated carbocycles. The number of amides is 1. The number of nitrogens with zero attached hydrogens (tertiary/aromatic N) is 4. The van der Waals surface area contributed by atoms with Gasteiger partial charge in [-0.15, -0.1) is 5.10 Å². The molecule has 0 aliphatic carbocycles. The molecule has 2 heterocycles. The maximum Gasteiger partial charge on any atom is 0.236 e. The van der Waals surface area contributed by atoms with Crippen molar-refractivity contribution in [3.63, 3.8) is 0 Å². The average Bonchev–Trinajstić information content (AvgIpc) is 3.02. The van der Waals surface area contributed by atoms with Crippen molar-refractivity contribution >= 4 is 29.1 Å². The van der Waals surface area contributed by atoms with Crippen molar-refractivity contribution in [1.29, 1.82) is 5.26 Å². The number of thioether (sulfide) groups is 1. The summed E-state index contributed by atoms with van der Waals surface area (Å²) in [5.74, 6) is 1.35. The first kappa shape index (κ1) is 15.7. The first-order valence-corrected chi connectivity index (χ1v) is 7.89. The van der Waals surface area contributed by atoms with Gasteiger partial charge in [-0.3, -0.25) is 4.79 Å². The van der Waals surface area contributed by atoms with Crippen LogP contribution in [0, 0.1) is 11.3 Å². The fraction of sp³-hybridized carbons (Fsp3) is 0.0625. The van der Waals surface area contributed by atoms with Gasteiger partial charge >= 0.3 is 0 Å². The van der Waals surface area contributed by atoms with Gasteiger partial charge in [0.05, 0.1) is 17.5 Å². The van der Waals surface area contributed by atoms with Gasteiger partial charge in [-0.1, -0.05) is 11.8 Å². The molecular weight excluding hydrogens is 326 g/mol. The molecule has 1 aromatic heterocycles. The molecule has 3 rings (SSSR count). The standard InChI is InChI=1S/C16H11N5O2S/c17-7-12-3-6-15(18-8-12)23-13-4-1-11(2-5-13)9-19-21-16-20-14(22)10-24-16/h1-6,8-9H,10H2,(H,20,21,22). The largest absolute Gasteiger partial charge is 0.439 e. The monoisotopic (exact) mass is 337 g/mol. The van der Waals surface area contributed by atoms with E-state index in [2.05, 4.69) is 20.5 Å². The number of pyridine rings is 1. The highest BCUT2D eigenvalue weighted by Crippen LogP contribution is 2.19. The summed E-state index contributed by atoms with van der Waals surface area (Å²) in [7, 11) is 0. The maximum absolute atomic E-state index is 11.0. The zero-order chi connectivity index (χ0) is 16.8. The fourth-order valence-corrected chi connectivity index (χ4v) is 2.41. The van der Waals surface area contributed by atoms with Gasteiger partial charge in [-0.05, 0) is 35.9 Å². The molecule has 118 valence electrons. The zero-order valence-corrected chi connectivity index (χ0v) is 13.2. The Morgan fingerprint density at radius 3 is 2.75 bits per heavy atom. The average molecular weight is 337 g/mol. The number of hydrogen-bond donors (Lipinski definition) is 1. The van der Waals surface area contributed by atoms with Crippen LogP contribution in [0.25, 0.3) is 0 Å². The van der Waals surface area contributed by atoms with E-state index < -0.39 is 0 Å². The maximum atomic E-state index is 11.0. The van der Waals surface area contributed by atoms with Crippen molar-refractivity contribution in [3.8, 4) is 17.7 Å². The Bertz CT molecular complexity index is 838. The molecule has 7 nitrogen and oxygen atoms in total. The highest BCUT2D eigenvalue weighted by atomic mass is 32.2. The van der Waals surface area contributed by atoms with Gasteiger partial charge in [0.15, 0.2) is 5.17 Å². The minimum Gasteiger partial charge on any atom is -0.439 e. The quantitative estimate of drug-likeness (QED) is 0.681. The van der Waals surface area contributed by atoms with Gasteiger partial charge in [0.25, 0.3) is 0 Å². The molecule has 0 bridgehead atoms. The van der Waals surface area contributed by atoms with Crippen molar-refractivity contribution in [1.82, 2.24) is 10.3 Å². The van der Waals surface area contributed by atoms with E-state index in [4.69, 9.17) is 10.00 Å². The number of amidine groups is 1. The molecule has 2 aromatic rings. The number of nitriles is 1. The molecule has 0 atom stereocenters.